The topological polar surface area (TPSA) is 98.2 Å². The highest BCUT2D eigenvalue weighted by molar-refractivity contribution is 7.90. The van der Waals surface area contributed by atoms with Gasteiger partial charge in [0.2, 0.25) is 0 Å². The van der Waals surface area contributed by atoms with E-state index in [0.29, 0.717) is 37.1 Å². The Bertz CT molecular complexity index is 1420. The maximum absolute atomic E-state index is 16.3. The second kappa shape index (κ2) is 10.6. The van der Waals surface area contributed by atoms with Crippen LogP contribution in [0.1, 0.15) is 55.3 Å². The van der Waals surface area contributed by atoms with E-state index in [1.165, 1.54) is 12.4 Å². The number of hydrogen-bond acceptors (Lipinski definition) is 6. The number of aromatic nitrogens is 2. The lowest BCUT2D eigenvalue weighted by Crippen LogP contribution is -2.32. The summed E-state index contributed by atoms with van der Waals surface area (Å²) in [6.07, 6.45) is 4.84. The SMILES string of the molecule is CC(C)NC(=O)c1nc(-c2c(F)cc(S(C)(=O)=O)cc2F)c(F)c(C2CCCCO2)c1-c1cccnc1. The van der Waals surface area contributed by atoms with Crippen LogP contribution < -0.4 is 5.32 Å². The molecule has 3 aromatic rings. The molecule has 1 N–H and O–H groups in total. The van der Waals surface area contributed by atoms with E-state index in [1.807, 2.05) is 0 Å². The fourth-order valence-corrected chi connectivity index (χ4v) is 4.94. The number of pyridine rings is 2. The number of amides is 1. The minimum Gasteiger partial charge on any atom is -0.373 e. The van der Waals surface area contributed by atoms with Gasteiger partial charge < -0.3 is 10.1 Å². The van der Waals surface area contributed by atoms with E-state index in [2.05, 4.69) is 15.3 Å². The molecule has 1 aliphatic heterocycles. The summed E-state index contributed by atoms with van der Waals surface area (Å²) in [5.74, 6) is -4.39. The number of carbonyl (C=O) groups is 1. The Labute approximate surface area is 213 Å². The van der Waals surface area contributed by atoms with Gasteiger partial charge in [-0.15, -0.1) is 0 Å². The van der Waals surface area contributed by atoms with Gasteiger partial charge in [-0.2, -0.15) is 0 Å². The van der Waals surface area contributed by atoms with Crippen LogP contribution in [0.4, 0.5) is 13.2 Å². The lowest BCUT2D eigenvalue weighted by Gasteiger charge is -2.27. The van der Waals surface area contributed by atoms with Gasteiger partial charge in [0.05, 0.1) is 16.6 Å². The zero-order valence-corrected chi connectivity index (χ0v) is 21.3. The van der Waals surface area contributed by atoms with Gasteiger partial charge in [-0.25, -0.2) is 26.6 Å². The summed E-state index contributed by atoms with van der Waals surface area (Å²) in [4.78, 5) is 20.9. The second-order valence-electron chi connectivity index (χ2n) is 9.17. The number of ether oxygens (including phenoxy) is 1. The molecule has 0 saturated carbocycles. The highest BCUT2D eigenvalue weighted by Crippen LogP contribution is 2.42. The fourth-order valence-electron chi connectivity index (χ4n) is 4.31. The van der Waals surface area contributed by atoms with Crippen LogP contribution in [0.25, 0.3) is 22.4 Å². The molecule has 4 rings (SSSR count). The van der Waals surface area contributed by atoms with Gasteiger partial charge in [0.15, 0.2) is 15.7 Å². The first-order valence-corrected chi connectivity index (χ1v) is 13.6. The first kappa shape index (κ1) is 26.7. The minimum atomic E-state index is -3.95. The largest absolute Gasteiger partial charge is 0.373 e. The number of nitrogens with zero attached hydrogens (tertiary/aromatic N) is 2. The van der Waals surface area contributed by atoms with Crippen molar-refractivity contribution in [1.82, 2.24) is 15.3 Å². The number of carbonyl (C=O) groups excluding carboxylic acids is 1. The molecule has 1 saturated heterocycles. The molecule has 1 aromatic carbocycles. The summed E-state index contributed by atoms with van der Waals surface area (Å²) in [6.45, 7) is 3.79. The standard InChI is InChI=1S/C26H26F3N3O4S/c1-14(2)31-26(33)25-20(15-7-6-9-30-13-15)22(19-8-4-5-10-36-19)23(29)24(32-25)21-17(27)11-16(12-18(21)28)37(3,34)35/h6-7,9,11-14,19H,4-5,8,10H2,1-3H3,(H,31,33). The third kappa shape index (κ3) is 5.52. The molecule has 0 spiro atoms. The monoisotopic (exact) mass is 533 g/mol. The number of rotatable bonds is 6. The molecule has 0 aliphatic carbocycles. The molecular weight excluding hydrogens is 507 g/mol. The van der Waals surface area contributed by atoms with Crippen molar-refractivity contribution in [2.75, 3.05) is 12.9 Å². The summed E-state index contributed by atoms with van der Waals surface area (Å²) >= 11 is 0. The third-order valence-electron chi connectivity index (χ3n) is 5.94. The van der Waals surface area contributed by atoms with E-state index >= 15 is 13.2 Å². The van der Waals surface area contributed by atoms with Crippen molar-refractivity contribution in [3.05, 3.63) is 65.4 Å². The Kier molecular flexibility index (Phi) is 7.65. The van der Waals surface area contributed by atoms with Crippen molar-refractivity contribution in [1.29, 1.82) is 0 Å². The highest BCUT2D eigenvalue weighted by Gasteiger charge is 2.33. The molecule has 7 nitrogen and oxygen atoms in total. The first-order valence-electron chi connectivity index (χ1n) is 11.7. The Balaban J connectivity index is 2.08. The van der Waals surface area contributed by atoms with Gasteiger partial charge >= 0.3 is 0 Å². The quantitative estimate of drug-likeness (QED) is 0.478. The molecule has 196 valence electrons. The van der Waals surface area contributed by atoms with Crippen LogP contribution in [0.2, 0.25) is 0 Å². The Morgan fingerprint density at radius 3 is 2.38 bits per heavy atom. The van der Waals surface area contributed by atoms with Crippen LogP contribution in [-0.4, -0.2) is 43.2 Å². The number of sulfone groups is 1. The van der Waals surface area contributed by atoms with Crippen molar-refractivity contribution >= 4 is 15.7 Å². The summed E-state index contributed by atoms with van der Waals surface area (Å²) in [5.41, 5.74) is -1.44. The Morgan fingerprint density at radius 2 is 1.84 bits per heavy atom. The second-order valence-corrected chi connectivity index (χ2v) is 11.2. The van der Waals surface area contributed by atoms with E-state index in [0.717, 1.165) is 12.7 Å². The van der Waals surface area contributed by atoms with Crippen molar-refractivity contribution in [2.45, 2.75) is 50.2 Å². The van der Waals surface area contributed by atoms with Crippen LogP contribution in [-0.2, 0) is 14.6 Å². The van der Waals surface area contributed by atoms with Crippen molar-refractivity contribution in [2.24, 2.45) is 0 Å². The lowest BCUT2D eigenvalue weighted by molar-refractivity contribution is 0.0132. The van der Waals surface area contributed by atoms with Crippen LogP contribution in [0, 0.1) is 17.5 Å². The van der Waals surface area contributed by atoms with E-state index < -0.39 is 55.5 Å². The normalized spacial score (nSPS) is 16.1. The Hall–Kier alpha value is -3.31. The van der Waals surface area contributed by atoms with E-state index in [4.69, 9.17) is 4.74 Å². The number of hydrogen-bond donors (Lipinski definition) is 1. The van der Waals surface area contributed by atoms with Crippen LogP contribution in [0.15, 0.2) is 41.6 Å². The molecule has 3 heterocycles. The molecule has 2 aromatic heterocycles. The third-order valence-corrected chi connectivity index (χ3v) is 7.03. The molecule has 1 aliphatic rings. The lowest BCUT2D eigenvalue weighted by atomic mass is 9.89. The van der Waals surface area contributed by atoms with E-state index in [9.17, 15) is 13.2 Å². The summed E-state index contributed by atoms with van der Waals surface area (Å²) < 4.78 is 76.3. The maximum Gasteiger partial charge on any atom is 0.270 e. The zero-order valence-electron chi connectivity index (χ0n) is 20.5. The smallest absolute Gasteiger partial charge is 0.270 e. The highest BCUT2D eigenvalue weighted by atomic mass is 32.2. The van der Waals surface area contributed by atoms with Crippen molar-refractivity contribution in [3.8, 4) is 22.4 Å². The number of nitrogens with one attached hydrogen (secondary N) is 1. The average Bonchev–Trinajstić information content (AvgIpc) is 2.84. The molecule has 1 amide bonds. The number of halogens is 3. The van der Waals surface area contributed by atoms with Crippen LogP contribution >= 0.6 is 0 Å². The minimum absolute atomic E-state index is 0.0578. The summed E-state index contributed by atoms with van der Waals surface area (Å²) in [7, 11) is -3.95. The zero-order chi connectivity index (χ0) is 26.9. The van der Waals surface area contributed by atoms with Gasteiger partial charge in [0, 0.05) is 48.0 Å². The van der Waals surface area contributed by atoms with Crippen molar-refractivity contribution in [3.63, 3.8) is 0 Å². The molecule has 1 fully saturated rings. The summed E-state index contributed by atoms with van der Waals surface area (Å²) in [6, 6.07) is 4.13. The van der Waals surface area contributed by atoms with Gasteiger partial charge in [0.1, 0.15) is 23.0 Å². The van der Waals surface area contributed by atoms with Gasteiger partial charge in [-0.05, 0) is 51.3 Å². The van der Waals surface area contributed by atoms with Crippen LogP contribution in [0.5, 0.6) is 0 Å². The molecular formula is C26H26F3N3O4S. The molecule has 1 unspecified atom stereocenters. The predicted molar refractivity (Wildman–Crippen MR) is 131 cm³/mol. The number of benzene rings is 1. The van der Waals surface area contributed by atoms with Crippen molar-refractivity contribution < 1.29 is 31.1 Å². The van der Waals surface area contributed by atoms with Gasteiger partial charge in [-0.1, -0.05) is 6.07 Å². The fraction of sp³-hybridized carbons (Fsp3) is 0.346. The average molecular weight is 534 g/mol. The molecule has 1 atom stereocenters. The first-order chi connectivity index (χ1) is 17.5. The van der Waals surface area contributed by atoms with Gasteiger partial charge in [-0.3, -0.25) is 9.78 Å². The van der Waals surface area contributed by atoms with E-state index in [-0.39, 0.29) is 22.9 Å². The Morgan fingerprint density at radius 1 is 1.14 bits per heavy atom. The molecule has 0 radical (unpaired) electrons. The summed E-state index contributed by atoms with van der Waals surface area (Å²) in [5, 5.41) is 2.70. The van der Waals surface area contributed by atoms with Gasteiger partial charge in [0.25, 0.3) is 5.91 Å². The van der Waals surface area contributed by atoms with Crippen LogP contribution in [0.3, 0.4) is 0 Å². The predicted octanol–water partition coefficient (Wildman–Crippen LogP) is 5.01. The molecule has 0 bridgehead atoms. The molecule has 37 heavy (non-hydrogen) atoms. The maximum atomic E-state index is 16.3. The molecule has 11 heteroatoms. The van der Waals surface area contributed by atoms with E-state index in [1.54, 1.807) is 26.0 Å².